The summed E-state index contributed by atoms with van der Waals surface area (Å²) in [5, 5.41) is 0. The fraction of sp³-hybridized carbons (Fsp3) is 0.600. The summed E-state index contributed by atoms with van der Waals surface area (Å²) in [5.74, 6) is 2.13. The Kier molecular flexibility index (Phi) is 7.11. The van der Waals surface area contributed by atoms with Gasteiger partial charge in [-0.05, 0) is 26.0 Å². The Bertz CT molecular complexity index is 342. The molecule has 0 heterocycles. The van der Waals surface area contributed by atoms with Gasteiger partial charge in [-0.1, -0.05) is 6.07 Å². The van der Waals surface area contributed by atoms with Crippen LogP contribution in [0.25, 0.3) is 0 Å². The molecular formula is C15H26NO3+. The summed E-state index contributed by atoms with van der Waals surface area (Å²) in [6, 6.07) is 5.66. The molecule has 0 aromatic heterocycles. The Labute approximate surface area is 116 Å². The molecule has 0 aliphatic rings. The number of para-hydroxylation sites is 1. The third-order valence-electron chi connectivity index (χ3n) is 3.30. The van der Waals surface area contributed by atoms with Crippen molar-refractivity contribution in [3.05, 3.63) is 18.2 Å². The summed E-state index contributed by atoms with van der Waals surface area (Å²) in [6.07, 6.45) is 1.03. The molecule has 19 heavy (non-hydrogen) atoms. The number of ether oxygens (including phenoxy) is 3. The lowest BCUT2D eigenvalue weighted by molar-refractivity contribution is -0.896. The van der Waals surface area contributed by atoms with Crippen molar-refractivity contribution < 1.29 is 19.1 Å². The highest BCUT2D eigenvalue weighted by atomic mass is 16.5. The van der Waals surface area contributed by atoms with Gasteiger partial charge in [-0.15, -0.1) is 0 Å². The molecule has 1 rings (SSSR count). The maximum absolute atomic E-state index is 5.83. The first-order chi connectivity index (χ1) is 9.26. The van der Waals surface area contributed by atoms with Crippen LogP contribution in [0.5, 0.6) is 17.2 Å². The second-order valence-corrected chi connectivity index (χ2v) is 4.40. The number of hydrogen-bond donors (Lipinski definition) is 1. The highest BCUT2D eigenvalue weighted by molar-refractivity contribution is 5.51. The lowest BCUT2D eigenvalue weighted by atomic mass is 10.3. The predicted octanol–water partition coefficient (Wildman–Crippen LogP) is 1.40. The average Bonchev–Trinajstić information content (AvgIpc) is 2.47. The summed E-state index contributed by atoms with van der Waals surface area (Å²) in [7, 11) is 3.28. The topological polar surface area (TPSA) is 32.1 Å². The first kappa shape index (κ1) is 15.6. The molecule has 0 aliphatic heterocycles. The highest BCUT2D eigenvalue weighted by Gasteiger charge is 2.11. The van der Waals surface area contributed by atoms with E-state index in [1.54, 1.807) is 19.1 Å². The van der Waals surface area contributed by atoms with Gasteiger partial charge in [0.1, 0.15) is 0 Å². The quantitative estimate of drug-likeness (QED) is 0.687. The zero-order valence-electron chi connectivity index (χ0n) is 12.5. The zero-order chi connectivity index (χ0) is 14.1. The van der Waals surface area contributed by atoms with Crippen LogP contribution in [-0.4, -0.2) is 40.5 Å². The molecular weight excluding hydrogens is 242 g/mol. The number of quaternary nitrogens is 1. The number of methoxy groups -OCH3 is 2. The van der Waals surface area contributed by atoms with E-state index in [0.29, 0.717) is 12.4 Å². The van der Waals surface area contributed by atoms with Crippen LogP contribution in [0.3, 0.4) is 0 Å². The molecule has 0 spiro atoms. The Morgan fingerprint density at radius 1 is 1.00 bits per heavy atom. The van der Waals surface area contributed by atoms with E-state index in [2.05, 4.69) is 13.8 Å². The molecule has 0 aliphatic carbocycles. The first-order valence-corrected chi connectivity index (χ1v) is 6.94. The molecule has 4 heteroatoms. The monoisotopic (exact) mass is 268 g/mol. The molecule has 0 saturated carbocycles. The van der Waals surface area contributed by atoms with Crippen LogP contribution < -0.4 is 19.1 Å². The van der Waals surface area contributed by atoms with Gasteiger partial charge in [0.2, 0.25) is 5.75 Å². The van der Waals surface area contributed by atoms with Crippen LogP contribution in [0.15, 0.2) is 18.2 Å². The number of rotatable bonds is 9. The van der Waals surface area contributed by atoms with Gasteiger partial charge in [0.05, 0.1) is 40.5 Å². The first-order valence-electron chi connectivity index (χ1n) is 6.94. The molecule has 0 amide bonds. The molecule has 0 saturated heterocycles. The fourth-order valence-corrected chi connectivity index (χ4v) is 2.06. The molecule has 1 N–H and O–H groups in total. The van der Waals surface area contributed by atoms with E-state index in [1.165, 1.54) is 0 Å². The third-order valence-corrected chi connectivity index (χ3v) is 3.30. The molecule has 0 fully saturated rings. The summed E-state index contributed by atoms with van der Waals surface area (Å²) in [6.45, 7) is 8.56. The van der Waals surface area contributed by atoms with Gasteiger partial charge >= 0.3 is 0 Å². The maximum Gasteiger partial charge on any atom is 0.203 e. The second-order valence-electron chi connectivity index (χ2n) is 4.40. The van der Waals surface area contributed by atoms with Gasteiger partial charge in [0, 0.05) is 6.42 Å². The Balaban J connectivity index is 2.52. The van der Waals surface area contributed by atoms with E-state index < -0.39 is 0 Å². The minimum atomic E-state index is 0.681. The van der Waals surface area contributed by atoms with E-state index >= 15 is 0 Å². The van der Waals surface area contributed by atoms with Gasteiger partial charge in [-0.2, -0.15) is 0 Å². The Morgan fingerprint density at radius 2 is 1.58 bits per heavy atom. The third kappa shape index (κ3) is 4.63. The summed E-state index contributed by atoms with van der Waals surface area (Å²) < 4.78 is 16.4. The maximum atomic E-state index is 5.83. The summed E-state index contributed by atoms with van der Waals surface area (Å²) >= 11 is 0. The van der Waals surface area contributed by atoms with Crippen molar-refractivity contribution in [3.63, 3.8) is 0 Å². The van der Waals surface area contributed by atoms with Crippen molar-refractivity contribution in [2.24, 2.45) is 0 Å². The number of hydrogen-bond acceptors (Lipinski definition) is 3. The summed E-state index contributed by atoms with van der Waals surface area (Å²) in [5.41, 5.74) is 0. The van der Waals surface area contributed by atoms with Crippen LogP contribution in [0.2, 0.25) is 0 Å². The van der Waals surface area contributed by atoms with E-state index in [-0.39, 0.29) is 0 Å². The normalized spacial score (nSPS) is 10.6. The smallest absolute Gasteiger partial charge is 0.203 e. The SMILES string of the molecule is CC[NH+](CC)CCCOc1c(OC)cccc1OC. The minimum absolute atomic E-state index is 0.681. The summed E-state index contributed by atoms with van der Waals surface area (Å²) in [4.78, 5) is 1.59. The van der Waals surface area contributed by atoms with Gasteiger partial charge < -0.3 is 19.1 Å². The van der Waals surface area contributed by atoms with E-state index in [0.717, 1.165) is 37.6 Å². The second kappa shape index (κ2) is 8.64. The molecule has 108 valence electrons. The number of nitrogens with one attached hydrogen (secondary N) is 1. The van der Waals surface area contributed by atoms with Crippen molar-refractivity contribution >= 4 is 0 Å². The highest BCUT2D eigenvalue weighted by Crippen LogP contribution is 2.36. The van der Waals surface area contributed by atoms with Gasteiger partial charge in [0.15, 0.2) is 11.5 Å². The van der Waals surface area contributed by atoms with Crippen molar-refractivity contribution in [2.45, 2.75) is 20.3 Å². The van der Waals surface area contributed by atoms with Crippen LogP contribution in [0.4, 0.5) is 0 Å². The van der Waals surface area contributed by atoms with E-state index in [4.69, 9.17) is 14.2 Å². The lowest BCUT2D eigenvalue weighted by Gasteiger charge is -2.17. The minimum Gasteiger partial charge on any atom is -0.493 e. The van der Waals surface area contributed by atoms with Crippen molar-refractivity contribution in [1.29, 1.82) is 0 Å². The van der Waals surface area contributed by atoms with Crippen molar-refractivity contribution in [3.8, 4) is 17.2 Å². The van der Waals surface area contributed by atoms with E-state index in [9.17, 15) is 0 Å². The van der Waals surface area contributed by atoms with Gasteiger partial charge in [-0.3, -0.25) is 0 Å². The van der Waals surface area contributed by atoms with Crippen molar-refractivity contribution in [2.75, 3.05) is 40.5 Å². The number of benzene rings is 1. The lowest BCUT2D eigenvalue weighted by Crippen LogP contribution is -3.11. The average molecular weight is 268 g/mol. The Morgan fingerprint density at radius 3 is 2.05 bits per heavy atom. The molecule has 1 aromatic carbocycles. The van der Waals surface area contributed by atoms with Gasteiger partial charge in [0.25, 0.3) is 0 Å². The standard InChI is InChI=1S/C15H25NO3/c1-5-16(6-2)11-8-12-19-15-13(17-3)9-7-10-14(15)18-4/h7,9-10H,5-6,8,11-12H2,1-4H3/p+1. The zero-order valence-corrected chi connectivity index (χ0v) is 12.5. The van der Waals surface area contributed by atoms with Crippen LogP contribution in [-0.2, 0) is 0 Å². The molecule has 0 atom stereocenters. The largest absolute Gasteiger partial charge is 0.493 e. The van der Waals surface area contributed by atoms with Gasteiger partial charge in [-0.25, -0.2) is 0 Å². The molecule has 4 nitrogen and oxygen atoms in total. The molecule has 0 radical (unpaired) electrons. The van der Waals surface area contributed by atoms with Crippen LogP contribution in [0, 0.1) is 0 Å². The van der Waals surface area contributed by atoms with Crippen LogP contribution in [0.1, 0.15) is 20.3 Å². The van der Waals surface area contributed by atoms with Crippen molar-refractivity contribution in [1.82, 2.24) is 0 Å². The molecule has 0 unspecified atom stereocenters. The molecule has 1 aromatic rings. The van der Waals surface area contributed by atoms with Crippen LogP contribution >= 0.6 is 0 Å². The van der Waals surface area contributed by atoms with E-state index in [1.807, 2.05) is 18.2 Å². The molecule has 0 bridgehead atoms. The Hall–Kier alpha value is -1.42. The fourth-order valence-electron chi connectivity index (χ4n) is 2.06. The predicted molar refractivity (Wildman–Crippen MR) is 76.6 cm³/mol.